The maximum Gasteiger partial charge on any atom is 0.355 e. The number of fused-ring (bicyclic) bond motifs is 1. The molecule has 0 saturated carbocycles. The van der Waals surface area contributed by atoms with Crippen LogP contribution in [0.5, 0.6) is 0 Å². The van der Waals surface area contributed by atoms with Crippen molar-refractivity contribution in [1.29, 1.82) is 0 Å². The fraction of sp³-hybridized carbons (Fsp3) is 0.278. The lowest BCUT2D eigenvalue weighted by molar-refractivity contribution is 0.630. The van der Waals surface area contributed by atoms with Crippen LogP contribution in [0, 0.1) is 6.92 Å². The van der Waals surface area contributed by atoms with Crippen molar-refractivity contribution in [2.45, 2.75) is 33.2 Å². The molecule has 124 valence electrons. The molecule has 0 unspecified atom stereocenters. The van der Waals surface area contributed by atoms with E-state index in [1.165, 1.54) is 4.57 Å². The van der Waals surface area contributed by atoms with Gasteiger partial charge in [0, 0.05) is 11.2 Å². The molecule has 0 amide bonds. The summed E-state index contributed by atoms with van der Waals surface area (Å²) >= 11 is 6.29. The van der Waals surface area contributed by atoms with Crippen LogP contribution >= 0.6 is 11.6 Å². The minimum Gasteiger partial charge on any atom is -0.365 e. The number of nitrogens with zero attached hydrogens (tertiary/aromatic N) is 3. The Morgan fingerprint density at radius 2 is 1.79 bits per heavy atom. The van der Waals surface area contributed by atoms with E-state index >= 15 is 0 Å². The number of nitrogens with one attached hydrogen (secondary N) is 1. The molecule has 5 nitrogen and oxygen atoms in total. The first-order valence-corrected chi connectivity index (χ1v) is 8.07. The van der Waals surface area contributed by atoms with Crippen LogP contribution in [-0.4, -0.2) is 20.1 Å². The molecule has 0 spiro atoms. The molecule has 2 heterocycles. The summed E-state index contributed by atoms with van der Waals surface area (Å²) in [5.74, 6) is 0.526. The Balaban J connectivity index is 2.38. The molecule has 2 aromatic heterocycles. The molecule has 0 atom stereocenters. The van der Waals surface area contributed by atoms with E-state index in [2.05, 4.69) is 15.3 Å². The fourth-order valence-corrected chi connectivity index (χ4v) is 2.72. The Hall–Kier alpha value is -2.40. The van der Waals surface area contributed by atoms with Gasteiger partial charge in [-0.3, -0.25) is 0 Å². The summed E-state index contributed by atoms with van der Waals surface area (Å²) in [4.78, 5) is 21.5. The van der Waals surface area contributed by atoms with Crippen LogP contribution in [0.15, 0.2) is 41.2 Å². The summed E-state index contributed by atoms with van der Waals surface area (Å²) in [6, 6.07) is 11.0. The number of hydrogen-bond donors (Lipinski definition) is 1. The number of para-hydroxylation sites is 1. The molecule has 24 heavy (non-hydrogen) atoms. The quantitative estimate of drug-likeness (QED) is 0.766. The van der Waals surface area contributed by atoms with Gasteiger partial charge in [-0.1, -0.05) is 23.7 Å². The van der Waals surface area contributed by atoms with Gasteiger partial charge >= 0.3 is 5.69 Å². The maximum atomic E-state index is 12.7. The number of anilines is 1. The predicted octanol–water partition coefficient (Wildman–Crippen LogP) is 3.95. The Kier molecular flexibility index (Phi) is 4.05. The molecule has 0 aliphatic heterocycles. The largest absolute Gasteiger partial charge is 0.365 e. The van der Waals surface area contributed by atoms with Crippen molar-refractivity contribution in [2.75, 3.05) is 5.32 Å². The van der Waals surface area contributed by atoms with Crippen LogP contribution in [0.3, 0.4) is 0 Å². The van der Waals surface area contributed by atoms with Crippen LogP contribution in [-0.2, 0) is 0 Å². The molecule has 0 bridgehead atoms. The number of rotatable bonds is 2. The first-order valence-electron chi connectivity index (χ1n) is 7.70. The van der Waals surface area contributed by atoms with E-state index < -0.39 is 5.69 Å². The third-order valence-electron chi connectivity index (χ3n) is 3.47. The average molecular weight is 343 g/mol. The lowest BCUT2D eigenvalue weighted by atomic mass is 10.1. The SMILES string of the molecule is Cc1ccc2c(NC(C)(C)C)nc(=O)n(-c3ccccc3Cl)c2n1. The number of halogens is 1. The number of aryl methyl sites for hydroxylation is 1. The third kappa shape index (κ3) is 3.12. The average Bonchev–Trinajstić information content (AvgIpc) is 2.47. The molecule has 0 radical (unpaired) electrons. The molecule has 1 aromatic carbocycles. The van der Waals surface area contributed by atoms with Gasteiger partial charge in [0.1, 0.15) is 5.82 Å². The van der Waals surface area contributed by atoms with Crippen molar-refractivity contribution in [3.63, 3.8) is 0 Å². The highest BCUT2D eigenvalue weighted by Crippen LogP contribution is 2.26. The molecule has 0 saturated heterocycles. The monoisotopic (exact) mass is 342 g/mol. The molecule has 0 aliphatic rings. The van der Waals surface area contributed by atoms with Crippen LogP contribution in [0.1, 0.15) is 26.5 Å². The van der Waals surface area contributed by atoms with Gasteiger partial charge in [0.25, 0.3) is 0 Å². The Morgan fingerprint density at radius 1 is 1.08 bits per heavy atom. The summed E-state index contributed by atoms with van der Waals surface area (Å²) in [6.45, 7) is 7.93. The van der Waals surface area contributed by atoms with Gasteiger partial charge in [0.15, 0.2) is 5.65 Å². The van der Waals surface area contributed by atoms with E-state index in [9.17, 15) is 4.79 Å². The van der Waals surface area contributed by atoms with Crippen molar-refractivity contribution >= 4 is 28.5 Å². The molecule has 3 rings (SSSR count). The van der Waals surface area contributed by atoms with Crippen molar-refractivity contribution < 1.29 is 0 Å². The van der Waals surface area contributed by atoms with E-state index in [-0.39, 0.29) is 5.54 Å². The van der Waals surface area contributed by atoms with Crippen LogP contribution in [0.4, 0.5) is 5.82 Å². The molecule has 6 heteroatoms. The van der Waals surface area contributed by atoms with Crippen LogP contribution in [0.25, 0.3) is 16.7 Å². The minimum atomic E-state index is -0.416. The van der Waals surface area contributed by atoms with Gasteiger partial charge in [-0.15, -0.1) is 0 Å². The number of aromatic nitrogens is 3. The summed E-state index contributed by atoms with van der Waals surface area (Å²) in [5.41, 5.74) is 1.28. The third-order valence-corrected chi connectivity index (χ3v) is 3.79. The first-order chi connectivity index (χ1) is 11.3. The smallest absolute Gasteiger partial charge is 0.355 e. The topological polar surface area (TPSA) is 59.8 Å². The molecule has 0 aliphatic carbocycles. The summed E-state index contributed by atoms with van der Waals surface area (Å²) < 4.78 is 1.46. The highest BCUT2D eigenvalue weighted by molar-refractivity contribution is 6.32. The second kappa shape index (κ2) is 5.91. The van der Waals surface area contributed by atoms with Gasteiger partial charge in [-0.05, 0) is 52.0 Å². The standard InChI is InChI=1S/C18H19ClN4O/c1-11-9-10-12-15(22-18(2,3)4)21-17(24)23(16(12)20-11)14-8-6-5-7-13(14)19/h5-10H,1-4H3,(H,21,22,24). The minimum absolute atomic E-state index is 0.228. The van der Waals surface area contributed by atoms with Crippen molar-refractivity contribution in [2.24, 2.45) is 0 Å². The molecule has 0 fully saturated rings. The Morgan fingerprint density at radius 3 is 2.46 bits per heavy atom. The van der Waals surface area contributed by atoms with Crippen LogP contribution in [0.2, 0.25) is 5.02 Å². The number of hydrogen-bond acceptors (Lipinski definition) is 4. The van der Waals surface area contributed by atoms with Crippen molar-refractivity contribution in [1.82, 2.24) is 14.5 Å². The highest BCUT2D eigenvalue weighted by Gasteiger charge is 2.18. The lowest BCUT2D eigenvalue weighted by Crippen LogP contribution is -2.31. The Labute approximate surface area is 145 Å². The molecule has 1 N–H and O–H groups in total. The van der Waals surface area contributed by atoms with E-state index in [1.54, 1.807) is 12.1 Å². The predicted molar refractivity (Wildman–Crippen MR) is 98.3 cm³/mol. The van der Waals surface area contributed by atoms with E-state index in [1.807, 2.05) is 52.0 Å². The molecular weight excluding hydrogens is 324 g/mol. The maximum absolute atomic E-state index is 12.7. The fourth-order valence-electron chi connectivity index (χ4n) is 2.50. The van der Waals surface area contributed by atoms with Gasteiger partial charge in [-0.25, -0.2) is 14.3 Å². The zero-order valence-electron chi connectivity index (χ0n) is 14.1. The highest BCUT2D eigenvalue weighted by atomic mass is 35.5. The molecule has 3 aromatic rings. The van der Waals surface area contributed by atoms with Crippen LogP contribution < -0.4 is 11.0 Å². The van der Waals surface area contributed by atoms with E-state index in [0.717, 1.165) is 11.1 Å². The first kappa shape index (κ1) is 16.5. The van der Waals surface area contributed by atoms with Gasteiger partial charge in [0.2, 0.25) is 0 Å². The van der Waals surface area contributed by atoms with Gasteiger partial charge in [0.05, 0.1) is 16.1 Å². The lowest BCUT2D eigenvalue weighted by Gasteiger charge is -2.23. The second-order valence-corrected chi connectivity index (χ2v) is 7.14. The summed E-state index contributed by atoms with van der Waals surface area (Å²) in [7, 11) is 0. The van der Waals surface area contributed by atoms with Crippen molar-refractivity contribution in [3.05, 3.63) is 57.6 Å². The summed E-state index contributed by atoms with van der Waals surface area (Å²) in [5, 5.41) is 4.53. The normalized spacial score (nSPS) is 11.7. The molecular formula is C18H19ClN4O. The number of benzene rings is 1. The zero-order valence-corrected chi connectivity index (χ0v) is 14.8. The van der Waals surface area contributed by atoms with Gasteiger partial charge < -0.3 is 5.32 Å². The van der Waals surface area contributed by atoms with E-state index in [4.69, 9.17) is 11.6 Å². The zero-order chi connectivity index (χ0) is 17.5. The number of pyridine rings is 1. The Bertz CT molecular complexity index is 973. The van der Waals surface area contributed by atoms with E-state index in [0.29, 0.717) is 22.2 Å². The second-order valence-electron chi connectivity index (χ2n) is 6.73. The van der Waals surface area contributed by atoms with Gasteiger partial charge in [-0.2, -0.15) is 4.98 Å². The summed E-state index contributed by atoms with van der Waals surface area (Å²) in [6.07, 6.45) is 0. The van der Waals surface area contributed by atoms with Crippen molar-refractivity contribution in [3.8, 4) is 5.69 Å².